The van der Waals surface area contributed by atoms with E-state index in [2.05, 4.69) is 6.58 Å². The van der Waals surface area contributed by atoms with Gasteiger partial charge in [-0.25, -0.2) is 0 Å². The maximum atomic E-state index is 11.2. The SMILES string of the molecule is C=C[C@H]1O[C@@H](C#N)[C@H](OC(C)=O)[C@H]1OCc1ccccc1. The van der Waals surface area contributed by atoms with Crippen molar-refractivity contribution in [3.63, 3.8) is 0 Å². The number of rotatable bonds is 5. The van der Waals surface area contributed by atoms with Crippen LogP contribution in [0.1, 0.15) is 12.5 Å². The molecule has 1 fully saturated rings. The normalized spacial score (nSPS) is 27.8. The van der Waals surface area contributed by atoms with Gasteiger partial charge < -0.3 is 14.2 Å². The fraction of sp³-hybridized carbons (Fsp3) is 0.375. The Morgan fingerprint density at radius 3 is 2.71 bits per heavy atom. The predicted octanol–water partition coefficient (Wildman–Crippen LogP) is 1.98. The van der Waals surface area contributed by atoms with Gasteiger partial charge in [0.2, 0.25) is 0 Å². The highest BCUT2D eigenvalue weighted by atomic mass is 16.6. The summed E-state index contributed by atoms with van der Waals surface area (Å²) in [5, 5.41) is 9.11. The average Bonchev–Trinajstić information content (AvgIpc) is 2.82. The van der Waals surface area contributed by atoms with E-state index in [4.69, 9.17) is 19.5 Å². The molecule has 0 radical (unpaired) electrons. The first-order valence-electron chi connectivity index (χ1n) is 6.66. The van der Waals surface area contributed by atoms with Crippen molar-refractivity contribution in [2.75, 3.05) is 0 Å². The first-order chi connectivity index (χ1) is 10.2. The molecular weight excluding hydrogens is 270 g/mol. The molecule has 5 nitrogen and oxygen atoms in total. The summed E-state index contributed by atoms with van der Waals surface area (Å²) >= 11 is 0. The lowest BCUT2D eigenvalue weighted by Gasteiger charge is -2.21. The fourth-order valence-corrected chi connectivity index (χ4v) is 2.25. The van der Waals surface area contributed by atoms with Gasteiger partial charge in [-0.1, -0.05) is 36.4 Å². The van der Waals surface area contributed by atoms with Crippen molar-refractivity contribution in [2.45, 2.75) is 37.9 Å². The Bertz CT molecular complexity index is 537. The monoisotopic (exact) mass is 287 g/mol. The number of nitriles is 1. The summed E-state index contributed by atoms with van der Waals surface area (Å²) in [5.41, 5.74) is 0.988. The molecule has 1 aliphatic heterocycles. The second-order valence-electron chi connectivity index (χ2n) is 4.72. The van der Waals surface area contributed by atoms with Crippen molar-refractivity contribution in [2.24, 2.45) is 0 Å². The van der Waals surface area contributed by atoms with Crippen LogP contribution in [0.5, 0.6) is 0 Å². The first kappa shape index (κ1) is 15.2. The van der Waals surface area contributed by atoms with Gasteiger partial charge in [-0.2, -0.15) is 5.26 Å². The number of ether oxygens (including phenoxy) is 3. The van der Waals surface area contributed by atoms with Crippen LogP contribution in [0.2, 0.25) is 0 Å². The molecule has 0 bridgehead atoms. The summed E-state index contributed by atoms with van der Waals surface area (Å²) in [5.74, 6) is -0.470. The van der Waals surface area contributed by atoms with E-state index in [0.717, 1.165) is 5.56 Å². The van der Waals surface area contributed by atoms with E-state index in [1.54, 1.807) is 6.08 Å². The summed E-state index contributed by atoms with van der Waals surface area (Å²) in [6.45, 7) is 5.31. The second kappa shape index (κ2) is 7.02. The Hall–Kier alpha value is -2.16. The molecule has 1 heterocycles. The van der Waals surface area contributed by atoms with Gasteiger partial charge in [0.15, 0.2) is 12.2 Å². The van der Waals surface area contributed by atoms with E-state index >= 15 is 0 Å². The van der Waals surface area contributed by atoms with Crippen molar-refractivity contribution < 1.29 is 19.0 Å². The van der Waals surface area contributed by atoms with Crippen LogP contribution >= 0.6 is 0 Å². The molecule has 110 valence electrons. The van der Waals surface area contributed by atoms with Gasteiger partial charge in [-0.3, -0.25) is 4.79 Å². The topological polar surface area (TPSA) is 68.5 Å². The second-order valence-corrected chi connectivity index (χ2v) is 4.72. The molecule has 0 amide bonds. The van der Waals surface area contributed by atoms with Crippen molar-refractivity contribution in [1.82, 2.24) is 0 Å². The average molecular weight is 287 g/mol. The van der Waals surface area contributed by atoms with E-state index in [1.165, 1.54) is 6.92 Å². The number of carbonyl (C=O) groups is 1. The van der Waals surface area contributed by atoms with Crippen molar-refractivity contribution in [3.8, 4) is 6.07 Å². The lowest BCUT2D eigenvalue weighted by atomic mass is 10.1. The minimum Gasteiger partial charge on any atom is -0.456 e. The Balaban J connectivity index is 2.10. The predicted molar refractivity (Wildman–Crippen MR) is 75.0 cm³/mol. The molecule has 4 atom stereocenters. The number of hydrogen-bond acceptors (Lipinski definition) is 5. The molecule has 0 unspecified atom stereocenters. The van der Waals surface area contributed by atoms with Crippen LogP contribution in [0, 0.1) is 11.3 Å². The smallest absolute Gasteiger partial charge is 0.303 e. The molecule has 1 aliphatic rings. The summed E-state index contributed by atoms with van der Waals surface area (Å²) in [4.78, 5) is 11.2. The zero-order valence-electron chi connectivity index (χ0n) is 11.8. The van der Waals surface area contributed by atoms with Crippen LogP contribution in [-0.4, -0.2) is 30.4 Å². The number of nitrogens with zero attached hydrogens (tertiary/aromatic N) is 1. The quantitative estimate of drug-likeness (QED) is 0.612. The van der Waals surface area contributed by atoms with Gasteiger partial charge in [0, 0.05) is 6.92 Å². The Morgan fingerprint density at radius 2 is 2.14 bits per heavy atom. The lowest BCUT2D eigenvalue weighted by Crippen LogP contribution is -2.37. The number of hydrogen-bond donors (Lipinski definition) is 0. The molecule has 5 heteroatoms. The van der Waals surface area contributed by atoms with Crippen LogP contribution in [0.4, 0.5) is 0 Å². The standard InChI is InChI=1S/C16H17NO4/c1-3-13-15(19-10-12-7-5-4-6-8-12)16(20-11(2)18)14(9-17)21-13/h3-8,13-16H,1,10H2,2H3/t13-,14+,15+,16+/m1/s1. The molecule has 0 N–H and O–H groups in total. The third kappa shape index (κ3) is 3.69. The molecule has 0 spiro atoms. The number of benzene rings is 1. The summed E-state index contributed by atoms with van der Waals surface area (Å²) in [7, 11) is 0. The van der Waals surface area contributed by atoms with Crippen molar-refractivity contribution >= 4 is 5.97 Å². The van der Waals surface area contributed by atoms with Gasteiger partial charge in [-0.15, -0.1) is 6.58 Å². The van der Waals surface area contributed by atoms with E-state index in [-0.39, 0.29) is 0 Å². The number of esters is 1. The van der Waals surface area contributed by atoms with Crippen LogP contribution in [0.15, 0.2) is 43.0 Å². The third-order valence-corrected chi connectivity index (χ3v) is 3.20. The Kier molecular flexibility index (Phi) is 5.09. The molecular formula is C16H17NO4. The van der Waals surface area contributed by atoms with Crippen molar-refractivity contribution in [3.05, 3.63) is 48.6 Å². The molecule has 2 rings (SSSR count). The Morgan fingerprint density at radius 1 is 1.43 bits per heavy atom. The maximum Gasteiger partial charge on any atom is 0.303 e. The van der Waals surface area contributed by atoms with Crippen LogP contribution < -0.4 is 0 Å². The van der Waals surface area contributed by atoms with Gasteiger partial charge in [-0.05, 0) is 5.56 Å². The van der Waals surface area contributed by atoms with E-state index in [1.807, 2.05) is 36.4 Å². The van der Waals surface area contributed by atoms with Gasteiger partial charge in [0.1, 0.15) is 12.2 Å². The summed E-state index contributed by atoms with van der Waals surface area (Å²) < 4.78 is 16.5. The Labute approximate surface area is 123 Å². The zero-order chi connectivity index (χ0) is 15.2. The molecule has 1 aromatic carbocycles. The molecule has 0 saturated carbocycles. The van der Waals surface area contributed by atoms with Gasteiger partial charge in [0.05, 0.1) is 12.7 Å². The molecule has 21 heavy (non-hydrogen) atoms. The van der Waals surface area contributed by atoms with E-state index < -0.39 is 30.4 Å². The third-order valence-electron chi connectivity index (χ3n) is 3.20. The minimum absolute atomic E-state index is 0.342. The van der Waals surface area contributed by atoms with Gasteiger partial charge >= 0.3 is 5.97 Å². The van der Waals surface area contributed by atoms with Crippen LogP contribution in [-0.2, 0) is 25.6 Å². The van der Waals surface area contributed by atoms with E-state index in [0.29, 0.717) is 6.61 Å². The van der Waals surface area contributed by atoms with E-state index in [9.17, 15) is 4.79 Å². The minimum atomic E-state index is -0.849. The fourth-order valence-electron chi connectivity index (χ4n) is 2.25. The summed E-state index contributed by atoms with van der Waals surface area (Å²) in [6, 6.07) is 11.6. The molecule has 0 aliphatic carbocycles. The molecule has 1 saturated heterocycles. The van der Waals surface area contributed by atoms with Crippen LogP contribution in [0.25, 0.3) is 0 Å². The van der Waals surface area contributed by atoms with Gasteiger partial charge in [0.25, 0.3) is 0 Å². The lowest BCUT2D eigenvalue weighted by molar-refractivity contribution is -0.153. The largest absolute Gasteiger partial charge is 0.456 e. The van der Waals surface area contributed by atoms with Crippen molar-refractivity contribution in [1.29, 1.82) is 5.26 Å². The highest BCUT2D eigenvalue weighted by Gasteiger charge is 2.46. The maximum absolute atomic E-state index is 11.2. The highest BCUT2D eigenvalue weighted by Crippen LogP contribution is 2.28. The zero-order valence-corrected chi connectivity index (χ0v) is 11.8. The highest BCUT2D eigenvalue weighted by molar-refractivity contribution is 5.66. The molecule has 0 aromatic heterocycles. The van der Waals surface area contributed by atoms with Crippen LogP contribution in [0.3, 0.4) is 0 Å². The summed E-state index contributed by atoms with van der Waals surface area (Å²) in [6.07, 6.45) is -1.07. The number of carbonyl (C=O) groups excluding carboxylic acids is 1. The molecule has 1 aromatic rings. The first-order valence-corrected chi connectivity index (χ1v) is 6.66.